The summed E-state index contributed by atoms with van der Waals surface area (Å²) in [4.78, 5) is 48.8. The molecule has 3 aromatic heterocycles. The van der Waals surface area contributed by atoms with E-state index in [4.69, 9.17) is 4.74 Å². The van der Waals surface area contributed by atoms with Gasteiger partial charge in [-0.2, -0.15) is 0 Å². The van der Waals surface area contributed by atoms with Crippen LogP contribution < -0.4 is 21.9 Å². The summed E-state index contributed by atoms with van der Waals surface area (Å²) in [6.07, 6.45) is 6.36. The molecule has 0 bridgehead atoms. The van der Waals surface area contributed by atoms with E-state index in [9.17, 15) is 14.4 Å². The summed E-state index contributed by atoms with van der Waals surface area (Å²) >= 11 is 0. The summed E-state index contributed by atoms with van der Waals surface area (Å²) < 4.78 is 8.05. The predicted octanol–water partition coefficient (Wildman–Crippen LogP) is 1.63. The average molecular weight is 461 g/mol. The van der Waals surface area contributed by atoms with Crippen LogP contribution in [0.25, 0.3) is 5.82 Å². The molecular weight excluding hydrogens is 438 g/mol. The molecule has 11 nitrogen and oxygen atoms in total. The van der Waals surface area contributed by atoms with E-state index >= 15 is 0 Å². The number of aromatic nitrogens is 5. The number of methoxy groups -OCH3 is 1. The zero-order valence-electron chi connectivity index (χ0n) is 18.4. The highest BCUT2D eigenvalue weighted by Gasteiger charge is 2.18. The molecule has 3 heterocycles. The molecule has 0 aliphatic carbocycles. The second-order valence-corrected chi connectivity index (χ2v) is 7.30. The monoisotopic (exact) mass is 461 g/mol. The molecule has 34 heavy (non-hydrogen) atoms. The third-order valence-electron chi connectivity index (χ3n) is 5.04. The number of amides is 1. The van der Waals surface area contributed by atoms with Gasteiger partial charge in [0.2, 0.25) is 0 Å². The summed E-state index contributed by atoms with van der Waals surface area (Å²) in [6.45, 7) is 0.643. The molecule has 11 heteroatoms. The van der Waals surface area contributed by atoms with Crippen LogP contribution in [0.4, 0.5) is 11.5 Å². The number of nitrogens with zero attached hydrogens (tertiary/aromatic N) is 4. The van der Waals surface area contributed by atoms with Crippen LogP contribution in [0, 0.1) is 0 Å². The Morgan fingerprint density at radius 2 is 1.97 bits per heavy atom. The number of anilines is 2. The Morgan fingerprint density at radius 1 is 1.15 bits per heavy atom. The highest BCUT2D eigenvalue weighted by molar-refractivity contribution is 6.05. The summed E-state index contributed by atoms with van der Waals surface area (Å²) in [5.74, 6) is 0.112. The fourth-order valence-corrected chi connectivity index (χ4v) is 3.29. The van der Waals surface area contributed by atoms with Crippen molar-refractivity contribution in [2.24, 2.45) is 0 Å². The lowest BCUT2D eigenvalue weighted by Crippen LogP contribution is -2.36. The Balaban J connectivity index is 1.65. The lowest BCUT2D eigenvalue weighted by molar-refractivity contribution is 0.102. The number of carbonyl (C=O) groups is 1. The average Bonchev–Trinajstić information content (AvgIpc) is 3.39. The third-order valence-corrected chi connectivity index (χ3v) is 5.04. The van der Waals surface area contributed by atoms with Gasteiger partial charge in [0.1, 0.15) is 23.7 Å². The molecule has 3 N–H and O–H groups in total. The first-order valence-corrected chi connectivity index (χ1v) is 10.5. The number of nitrogens with one attached hydrogen (secondary N) is 3. The second-order valence-electron chi connectivity index (χ2n) is 7.30. The molecule has 0 fully saturated rings. The molecule has 4 aromatic rings. The maximum absolute atomic E-state index is 13.0. The molecule has 4 rings (SSSR count). The largest absolute Gasteiger partial charge is 0.383 e. The fraction of sp³-hybridized carbons (Fsp3) is 0.174. The Morgan fingerprint density at radius 3 is 2.65 bits per heavy atom. The maximum Gasteiger partial charge on any atom is 0.330 e. The SMILES string of the molecule is COCCn1c(NC(=O)c2ccc(-n3ccnc3)nc2)c(NCc2ccccc2)c(=O)[nH]c1=O. The number of aromatic amines is 1. The van der Waals surface area contributed by atoms with Gasteiger partial charge in [-0.3, -0.25) is 23.7 Å². The van der Waals surface area contributed by atoms with Crippen molar-refractivity contribution in [3.05, 3.63) is 99.3 Å². The van der Waals surface area contributed by atoms with Crippen molar-refractivity contribution < 1.29 is 9.53 Å². The topological polar surface area (TPSA) is 136 Å². The highest BCUT2D eigenvalue weighted by Crippen LogP contribution is 2.18. The van der Waals surface area contributed by atoms with Crippen LogP contribution >= 0.6 is 0 Å². The molecule has 1 amide bonds. The van der Waals surface area contributed by atoms with Crippen molar-refractivity contribution in [3.8, 4) is 5.82 Å². The fourth-order valence-electron chi connectivity index (χ4n) is 3.29. The molecule has 0 atom stereocenters. The van der Waals surface area contributed by atoms with Crippen LogP contribution in [0.1, 0.15) is 15.9 Å². The van der Waals surface area contributed by atoms with Crippen molar-refractivity contribution in [3.63, 3.8) is 0 Å². The van der Waals surface area contributed by atoms with Crippen LogP contribution in [0.5, 0.6) is 0 Å². The van der Waals surface area contributed by atoms with Gasteiger partial charge in [0.15, 0.2) is 0 Å². The molecule has 0 saturated heterocycles. The number of hydrogen-bond donors (Lipinski definition) is 3. The molecule has 0 unspecified atom stereocenters. The van der Waals surface area contributed by atoms with Gasteiger partial charge < -0.3 is 15.4 Å². The van der Waals surface area contributed by atoms with E-state index in [2.05, 4.69) is 25.6 Å². The minimum absolute atomic E-state index is 0.0467. The van der Waals surface area contributed by atoms with E-state index in [0.717, 1.165) is 5.56 Å². The van der Waals surface area contributed by atoms with E-state index in [-0.39, 0.29) is 30.2 Å². The van der Waals surface area contributed by atoms with E-state index in [1.807, 2.05) is 30.3 Å². The van der Waals surface area contributed by atoms with Gasteiger partial charge in [-0.1, -0.05) is 30.3 Å². The van der Waals surface area contributed by atoms with Crippen molar-refractivity contribution in [1.29, 1.82) is 0 Å². The minimum Gasteiger partial charge on any atom is -0.383 e. The summed E-state index contributed by atoms with van der Waals surface area (Å²) in [5, 5.41) is 5.74. The smallest absolute Gasteiger partial charge is 0.330 e. The highest BCUT2D eigenvalue weighted by atomic mass is 16.5. The number of pyridine rings is 1. The van der Waals surface area contributed by atoms with Crippen LogP contribution in [0.3, 0.4) is 0 Å². The number of rotatable bonds is 9. The Hall–Kier alpha value is -4.51. The van der Waals surface area contributed by atoms with Gasteiger partial charge in [-0.25, -0.2) is 14.8 Å². The molecule has 0 aliphatic rings. The van der Waals surface area contributed by atoms with E-state index < -0.39 is 17.2 Å². The van der Waals surface area contributed by atoms with Crippen molar-refractivity contribution in [2.75, 3.05) is 24.4 Å². The maximum atomic E-state index is 13.0. The van der Waals surface area contributed by atoms with Gasteiger partial charge in [-0.05, 0) is 17.7 Å². The van der Waals surface area contributed by atoms with E-state index in [0.29, 0.717) is 12.4 Å². The van der Waals surface area contributed by atoms with Crippen LogP contribution in [-0.2, 0) is 17.8 Å². The van der Waals surface area contributed by atoms with E-state index in [1.165, 1.54) is 17.9 Å². The first-order valence-electron chi connectivity index (χ1n) is 10.5. The summed E-state index contributed by atoms with van der Waals surface area (Å²) in [7, 11) is 1.50. The lowest BCUT2D eigenvalue weighted by atomic mass is 10.2. The van der Waals surface area contributed by atoms with Crippen molar-refractivity contribution in [2.45, 2.75) is 13.1 Å². The standard InChI is InChI=1S/C23H23N7O4/c1-34-12-11-30-20(19(22(32)28-23(30)33)26-13-16-5-3-2-4-6-16)27-21(31)17-7-8-18(25-14-17)29-10-9-24-15-29/h2-10,14-15,26H,11-13H2,1H3,(H,27,31)(H,28,32,33). The zero-order valence-corrected chi connectivity index (χ0v) is 18.4. The van der Waals surface area contributed by atoms with Crippen LogP contribution in [-0.4, -0.2) is 43.7 Å². The Kier molecular flexibility index (Phi) is 6.94. The number of carbonyl (C=O) groups excluding carboxylic acids is 1. The number of hydrogen-bond acceptors (Lipinski definition) is 7. The van der Waals surface area contributed by atoms with Gasteiger partial charge in [-0.15, -0.1) is 0 Å². The first-order chi connectivity index (χ1) is 16.6. The van der Waals surface area contributed by atoms with Crippen LogP contribution in [0.2, 0.25) is 0 Å². The van der Waals surface area contributed by atoms with Gasteiger partial charge >= 0.3 is 5.69 Å². The minimum atomic E-state index is -0.656. The van der Waals surface area contributed by atoms with Gasteiger partial charge in [0, 0.05) is 32.2 Å². The van der Waals surface area contributed by atoms with Gasteiger partial charge in [0.05, 0.1) is 18.7 Å². The Labute approximate surface area is 194 Å². The van der Waals surface area contributed by atoms with Crippen molar-refractivity contribution in [1.82, 2.24) is 24.1 Å². The second kappa shape index (κ2) is 10.4. The first kappa shape index (κ1) is 22.7. The number of H-pyrrole nitrogens is 1. The normalized spacial score (nSPS) is 10.7. The van der Waals surface area contributed by atoms with Crippen LogP contribution in [0.15, 0.2) is 77.0 Å². The quantitative estimate of drug-likeness (QED) is 0.345. The van der Waals surface area contributed by atoms with E-state index in [1.54, 1.807) is 35.4 Å². The third kappa shape index (κ3) is 5.10. The number of imidazole rings is 1. The summed E-state index contributed by atoms with van der Waals surface area (Å²) in [6, 6.07) is 12.7. The Bertz CT molecular complexity index is 1360. The molecule has 0 spiro atoms. The molecule has 0 saturated carbocycles. The number of ether oxygens (including phenoxy) is 1. The van der Waals surface area contributed by atoms with Crippen molar-refractivity contribution >= 4 is 17.4 Å². The number of benzene rings is 1. The molecule has 0 radical (unpaired) electrons. The summed E-state index contributed by atoms with van der Waals surface area (Å²) in [5.41, 5.74) is -0.0532. The molecule has 0 aliphatic heterocycles. The lowest BCUT2D eigenvalue weighted by Gasteiger charge is -2.18. The molecule has 1 aromatic carbocycles. The molecular formula is C23H23N7O4. The zero-order chi connectivity index (χ0) is 23.9. The molecule has 174 valence electrons. The predicted molar refractivity (Wildman–Crippen MR) is 126 cm³/mol. The van der Waals surface area contributed by atoms with Gasteiger partial charge in [0.25, 0.3) is 11.5 Å².